The Morgan fingerprint density at radius 2 is 2.24 bits per heavy atom. The zero-order valence-electron chi connectivity index (χ0n) is 9.37. The molecule has 0 aliphatic heterocycles. The Kier molecular flexibility index (Phi) is 3.79. The van der Waals surface area contributed by atoms with E-state index in [0.717, 1.165) is 12.8 Å². The van der Waals surface area contributed by atoms with Crippen molar-refractivity contribution >= 4 is 29.1 Å². The third-order valence-electron chi connectivity index (χ3n) is 2.64. The summed E-state index contributed by atoms with van der Waals surface area (Å²) >= 11 is 12.2. The monoisotopic (exact) mass is 273 g/mol. The van der Waals surface area contributed by atoms with Crippen LogP contribution in [0.1, 0.15) is 23.8 Å². The topological polar surface area (TPSA) is 38.3 Å². The lowest BCUT2D eigenvalue weighted by atomic mass is 10.1. The van der Waals surface area contributed by atoms with Gasteiger partial charge < -0.3 is 10.1 Å². The second-order valence-corrected chi connectivity index (χ2v) is 4.84. The lowest BCUT2D eigenvalue weighted by Crippen LogP contribution is -2.29. The standard InChI is InChI=1S/C12H13Cl2NO2/c1-17-9-4-2-3-8(13)10(9)11(14)12(16)15-7-5-6-7/h2-4,7,11H,5-6H2,1H3,(H,15,16). The highest BCUT2D eigenvalue weighted by atomic mass is 35.5. The smallest absolute Gasteiger partial charge is 0.243 e. The third-order valence-corrected chi connectivity index (χ3v) is 3.39. The number of amides is 1. The van der Waals surface area contributed by atoms with Crippen LogP contribution in [0.4, 0.5) is 0 Å². The number of halogens is 2. The number of methoxy groups -OCH3 is 1. The van der Waals surface area contributed by atoms with Crippen LogP contribution in [0.25, 0.3) is 0 Å². The Labute approximate surface area is 110 Å². The first-order valence-electron chi connectivity index (χ1n) is 5.40. The van der Waals surface area contributed by atoms with Crippen LogP contribution in [0.15, 0.2) is 18.2 Å². The van der Waals surface area contributed by atoms with Gasteiger partial charge in [0.05, 0.1) is 7.11 Å². The number of carbonyl (C=O) groups excluding carboxylic acids is 1. The lowest BCUT2D eigenvalue weighted by Gasteiger charge is -2.15. The molecular weight excluding hydrogens is 261 g/mol. The van der Waals surface area contributed by atoms with Gasteiger partial charge in [-0.15, -0.1) is 11.6 Å². The van der Waals surface area contributed by atoms with Crippen LogP contribution >= 0.6 is 23.2 Å². The molecule has 0 heterocycles. The van der Waals surface area contributed by atoms with E-state index in [-0.39, 0.29) is 11.9 Å². The zero-order chi connectivity index (χ0) is 12.4. The fourth-order valence-corrected chi connectivity index (χ4v) is 2.19. The highest BCUT2D eigenvalue weighted by Crippen LogP contribution is 2.36. The Morgan fingerprint density at radius 1 is 1.53 bits per heavy atom. The number of hydrogen-bond acceptors (Lipinski definition) is 2. The second kappa shape index (κ2) is 5.15. The number of ether oxygens (including phenoxy) is 1. The van der Waals surface area contributed by atoms with Crippen molar-refractivity contribution in [2.45, 2.75) is 24.3 Å². The van der Waals surface area contributed by atoms with Crippen LogP contribution < -0.4 is 10.1 Å². The Hall–Kier alpha value is -0.930. The van der Waals surface area contributed by atoms with E-state index in [1.165, 1.54) is 7.11 Å². The van der Waals surface area contributed by atoms with Crippen molar-refractivity contribution in [3.8, 4) is 5.75 Å². The summed E-state index contributed by atoms with van der Waals surface area (Å²) in [4.78, 5) is 11.9. The van der Waals surface area contributed by atoms with Gasteiger partial charge in [0.2, 0.25) is 5.91 Å². The first kappa shape index (κ1) is 12.5. The van der Waals surface area contributed by atoms with Gasteiger partial charge in [0.1, 0.15) is 11.1 Å². The molecule has 2 rings (SSSR count). The van der Waals surface area contributed by atoms with Gasteiger partial charge >= 0.3 is 0 Å². The molecule has 1 atom stereocenters. The fourth-order valence-electron chi connectivity index (χ4n) is 1.57. The summed E-state index contributed by atoms with van der Waals surface area (Å²) in [5.74, 6) is 0.309. The first-order chi connectivity index (χ1) is 8.13. The molecule has 1 fully saturated rings. The van der Waals surface area contributed by atoms with Gasteiger partial charge in [-0.1, -0.05) is 17.7 Å². The molecule has 1 aliphatic carbocycles. The Balaban J connectivity index is 2.21. The molecule has 5 heteroatoms. The van der Waals surface area contributed by atoms with E-state index in [0.29, 0.717) is 16.3 Å². The van der Waals surface area contributed by atoms with Gasteiger partial charge in [-0.25, -0.2) is 0 Å². The fraction of sp³-hybridized carbons (Fsp3) is 0.417. The summed E-state index contributed by atoms with van der Waals surface area (Å²) in [7, 11) is 1.53. The average Bonchev–Trinajstić information content (AvgIpc) is 3.11. The molecule has 0 radical (unpaired) electrons. The van der Waals surface area contributed by atoms with Crippen molar-refractivity contribution in [2.24, 2.45) is 0 Å². The molecule has 1 saturated carbocycles. The molecule has 1 aliphatic rings. The predicted octanol–water partition coefficient (Wildman–Crippen LogP) is 2.91. The van der Waals surface area contributed by atoms with Gasteiger partial charge in [-0.2, -0.15) is 0 Å². The molecule has 1 aromatic carbocycles. The highest BCUT2D eigenvalue weighted by molar-refractivity contribution is 6.36. The molecule has 1 unspecified atom stereocenters. The Morgan fingerprint density at radius 3 is 2.82 bits per heavy atom. The maximum atomic E-state index is 11.9. The van der Waals surface area contributed by atoms with Gasteiger partial charge in [0.15, 0.2) is 0 Å². The van der Waals surface area contributed by atoms with Crippen molar-refractivity contribution in [2.75, 3.05) is 7.11 Å². The predicted molar refractivity (Wildman–Crippen MR) is 67.8 cm³/mol. The number of carbonyl (C=O) groups is 1. The van der Waals surface area contributed by atoms with Crippen LogP contribution in [0.5, 0.6) is 5.75 Å². The normalized spacial score (nSPS) is 16.4. The van der Waals surface area contributed by atoms with Crippen molar-refractivity contribution in [1.29, 1.82) is 0 Å². The van der Waals surface area contributed by atoms with Crippen molar-refractivity contribution in [3.05, 3.63) is 28.8 Å². The van der Waals surface area contributed by atoms with E-state index in [1.807, 2.05) is 0 Å². The van der Waals surface area contributed by atoms with Gasteiger partial charge in [-0.05, 0) is 25.0 Å². The minimum Gasteiger partial charge on any atom is -0.496 e. The molecule has 0 saturated heterocycles. The number of alkyl halides is 1. The molecule has 1 N–H and O–H groups in total. The van der Waals surface area contributed by atoms with E-state index >= 15 is 0 Å². The maximum absolute atomic E-state index is 11.9. The van der Waals surface area contributed by atoms with Crippen LogP contribution in [0, 0.1) is 0 Å². The minimum absolute atomic E-state index is 0.222. The number of nitrogens with one attached hydrogen (secondary N) is 1. The molecule has 92 valence electrons. The van der Waals surface area contributed by atoms with E-state index in [9.17, 15) is 4.79 Å². The summed E-state index contributed by atoms with van der Waals surface area (Å²) in [5, 5.41) is 2.47. The zero-order valence-corrected chi connectivity index (χ0v) is 10.9. The quantitative estimate of drug-likeness (QED) is 0.857. The first-order valence-corrected chi connectivity index (χ1v) is 6.21. The third kappa shape index (κ3) is 2.85. The second-order valence-electron chi connectivity index (χ2n) is 4.00. The average molecular weight is 274 g/mol. The van der Waals surface area contributed by atoms with Crippen LogP contribution in [-0.4, -0.2) is 19.1 Å². The molecule has 1 aromatic rings. The molecule has 0 spiro atoms. The molecule has 0 bridgehead atoms. The number of benzene rings is 1. The molecular formula is C12H13Cl2NO2. The SMILES string of the molecule is COc1cccc(Cl)c1C(Cl)C(=O)NC1CC1. The molecule has 1 amide bonds. The van der Waals surface area contributed by atoms with Crippen LogP contribution in [-0.2, 0) is 4.79 Å². The van der Waals surface area contributed by atoms with Gasteiger partial charge in [-0.3, -0.25) is 4.79 Å². The highest BCUT2D eigenvalue weighted by Gasteiger charge is 2.29. The maximum Gasteiger partial charge on any atom is 0.243 e. The van der Waals surface area contributed by atoms with Crippen molar-refractivity contribution < 1.29 is 9.53 Å². The molecule has 3 nitrogen and oxygen atoms in total. The number of rotatable bonds is 4. The van der Waals surface area contributed by atoms with E-state index in [2.05, 4.69) is 5.32 Å². The van der Waals surface area contributed by atoms with E-state index < -0.39 is 5.38 Å². The molecule has 0 aromatic heterocycles. The summed E-state index contributed by atoms with van der Waals surface area (Å²) in [6.07, 6.45) is 2.05. The summed E-state index contributed by atoms with van der Waals surface area (Å²) in [6.45, 7) is 0. The Bertz CT molecular complexity index is 433. The van der Waals surface area contributed by atoms with Gasteiger partial charge in [0.25, 0.3) is 0 Å². The summed E-state index contributed by atoms with van der Waals surface area (Å²) in [6, 6.07) is 5.46. The van der Waals surface area contributed by atoms with Gasteiger partial charge in [0, 0.05) is 16.6 Å². The van der Waals surface area contributed by atoms with Crippen molar-refractivity contribution in [1.82, 2.24) is 5.32 Å². The van der Waals surface area contributed by atoms with E-state index in [1.54, 1.807) is 18.2 Å². The van der Waals surface area contributed by atoms with Crippen molar-refractivity contribution in [3.63, 3.8) is 0 Å². The minimum atomic E-state index is -0.820. The lowest BCUT2D eigenvalue weighted by molar-refractivity contribution is -0.121. The number of hydrogen-bond donors (Lipinski definition) is 1. The largest absolute Gasteiger partial charge is 0.496 e. The molecule has 17 heavy (non-hydrogen) atoms. The van der Waals surface area contributed by atoms with E-state index in [4.69, 9.17) is 27.9 Å². The van der Waals surface area contributed by atoms with Crippen LogP contribution in [0.3, 0.4) is 0 Å². The summed E-state index contributed by atoms with van der Waals surface area (Å²) < 4.78 is 5.17. The van der Waals surface area contributed by atoms with Crippen LogP contribution in [0.2, 0.25) is 5.02 Å². The summed E-state index contributed by atoms with van der Waals surface area (Å²) in [5.41, 5.74) is 0.525.